The second-order valence-electron chi connectivity index (χ2n) is 6.18. The van der Waals surface area contributed by atoms with Gasteiger partial charge < -0.3 is 15.3 Å². The van der Waals surface area contributed by atoms with Gasteiger partial charge in [0, 0.05) is 24.5 Å². The van der Waals surface area contributed by atoms with Crippen molar-refractivity contribution < 1.29 is 9.90 Å². The molecule has 1 saturated heterocycles. The van der Waals surface area contributed by atoms with Crippen molar-refractivity contribution in [2.75, 3.05) is 25.4 Å². The van der Waals surface area contributed by atoms with Crippen molar-refractivity contribution in [3.05, 3.63) is 59.7 Å². The largest absolute Gasteiger partial charge is 0.508 e. The van der Waals surface area contributed by atoms with E-state index in [2.05, 4.69) is 36.5 Å². The van der Waals surface area contributed by atoms with Crippen LogP contribution in [-0.2, 0) is 11.2 Å². The van der Waals surface area contributed by atoms with E-state index in [9.17, 15) is 9.90 Å². The fourth-order valence-corrected chi connectivity index (χ4v) is 3.83. The number of nitrogens with zero attached hydrogens (tertiary/aromatic N) is 1. The van der Waals surface area contributed by atoms with Crippen LogP contribution in [0.25, 0.3) is 0 Å². The lowest BCUT2D eigenvalue weighted by molar-refractivity contribution is -0.131. The van der Waals surface area contributed by atoms with E-state index >= 15 is 0 Å². The fourth-order valence-electron chi connectivity index (χ4n) is 3.05. The van der Waals surface area contributed by atoms with Crippen molar-refractivity contribution in [3.63, 3.8) is 0 Å². The first-order chi connectivity index (χ1) is 12.2. The molecule has 2 aromatic carbocycles. The van der Waals surface area contributed by atoms with Crippen molar-refractivity contribution in [2.24, 2.45) is 0 Å². The molecule has 0 aliphatic carbocycles. The Labute approximate surface area is 165 Å². The minimum atomic E-state index is 0. The number of amides is 1. The van der Waals surface area contributed by atoms with Gasteiger partial charge in [0.2, 0.25) is 5.91 Å². The molecule has 1 atom stereocenters. The van der Waals surface area contributed by atoms with Crippen LogP contribution in [0.1, 0.15) is 24.1 Å². The lowest BCUT2D eigenvalue weighted by Gasteiger charge is -2.36. The monoisotopic (exact) mass is 392 g/mol. The Bertz CT molecular complexity index is 707. The Morgan fingerprint density at radius 1 is 1.19 bits per heavy atom. The maximum absolute atomic E-state index is 12.8. The molecule has 0 bridgehead atoms. The summed E-state index contributed by atoms with van der Waals surface area (Å²) < 4.78 is 0. The average molecular weight is 393 g/mol. The molecule has 2 aromatic rings. The van der Waals surface area contributed by atoms with Crippen LogP contribution >= 0.6 is 24.2 Å². The number of piperazine rings is 1. The molecule has 26 heavy (non-hydrogen) atoms. The predicted molar refractivity (Wildman–Crippen MR) is 109 cm³/mol. The normalized spacial score (nSPS) is 16.8. The second-order valence-corrected chi connectivity index (χ2v) is 7.23. The number of carbonyl (C=O) groups excluding carboxylic acids is 1. The quantitative estimate of drug-likeness (QED) is 0.763. The number of aromatic hydroxyl groups is 1. The first-order valence-electron chi connectivity index (χ1n) is 8.68. The van der Waals surface area contributed by atoms with Crippen LogP contribution in [0.2, 0.25) is 0 Å². The van der Waals surface area contributed by atoms with Gasteiger partial charge in [-0.25, -0.2) is 0 Å². The molecule has 1 amide bonds. The summed E-state index contributed by atoms with van der Waals surface area (Å²) in [5.74, 6) is 0.812. The van der Waals surface area contributed by atoms with E-state index in [0.29, 0.717) is 5.75 Å². The van der Waals surface area contributed by atoms with Crippen LogP contribution in [0.5, 0.6) is 5.75 Å². The van der Waals surface area contributed by atoms with Crippen LogP contribution < -0.4 is 5.32 Å². The fraction of sp³-hybridized carbons (Fsp3) is 0.350. The molecule has 0 saturated carbocycles. The highest BCUT2D eigenvalue weighted by atomic mass is 35.5. The van der Waals surface area contributed by atoms with Crippen LogP contribution in [-0.4, -0.2) is 41.3 Å². The summed E-state index contributed by atoms with van der Waals surface area (Å²) >= 11 is 1.51. The number of nitrogens with one attached hydrogen (secondary N) is 1. The van der Waals surface area contributed by atoms with Crippen molar-refractivity contribution >= 4 is 30.1 Å². The highest BCUT2D eigenvalue weighted by molar-refractivity contribution is 8.00. The number of halogens is 1. The summed E-state index contributed by atoms with van der Waals surface area (Å²) in [7, 11) is 0. The third kappa shape index (κ3) is 5.16. The average Bonchev–Trinajstić information content (AvgIpc) is 2.67. The summed E-state index contributed by atoms with van der Waals surface area (Å²) in [6.07, 6.45) is 1.02. The Kier molecular flexibility index (Phi) is 7.82. The van der Waals surface area contributed by atoms with Crippen LogP contribution in [0.3, 0.4) is 0 Å². The van der Waals surface area contributed by atoms with Gasteiger partial charge in [-0.1, -0.05) is 31.2 Å². The zero-order chi connectivity index (χ0) is 17.6. The van der Waals surface area contributed by atoms with Crippen molar-refractivity contribution in [1.29, 1.82) is 0 Å². The number of hydrogen-bond donors (Lipinski definition) is 2. The number of thioether (sulfide) groups is 1. The van der Waals surface area contributed by atoms with Crippen molar-refractivity contribution in [3.8, 4) is 5.75 Å². The van der Waals surface area contributed by atoms with E-state index in [0.717, 1.165) is 31.0 Å². The summed E-state index contributed by atoms with van der Waals surface area (Å²) in [6.45, 7) is 4.50. The lowest BCUT2D eigenvalue weighted by atomic mass is 10.0. The molecule has 0 radical (unpaired) electrons. The van der Waals surface area contributed by atoms with E-state index in [-0.39, 0.29) is 30.1 Å². The molecule has 1 fully saturated rings. The highest BCUT2D eigenvalue weighted by Gasteiger charge is 2.27. The summed E-state index contributed by atoms with van der Waals surface area (Å²) in [4.78, 5) is 15.8. The molecule has 4 nitrogen and oxygen atoms in total. The van der Waals surface area contributed by atoms with Gasteiger partial charge in [0.1, 0.15) is 5.75 Å². The minimum absolute atomic E-state index is 0. The van der Waals surface area contributed by atoms with Crippen LogP contribution in [0, 0.1) is 0 Å². The summed E-state index contributed by atoms with van der Waals surface area (Å²) in [5.41, 5.74) is 2.50. The van der Waals surface area contributed by atoms with Gasteiger partial charge in [0.25, 0.3) is 0 Å². The second kappa shape index (κ2) is 9.86. The number of aryl methyl sites for hydroxylation is 1. The van der Waals surface area contributed by atoms with Gasteiger partial charge in [-0.15, -0.1) is 24.2 Å². The molecule has 1 unspecified atom stereocenters. The first kappa shape index (κ1) is 20.6. The highest BCUT2D eigenvalue weighted by Crippen LogP contribution is 2.26. The SMILES string of the molecule is CCc1ccc(C2CNCCN2C(=O)CSc2ccc(O)cc2)cc1.Cl. The molecule has 0 spiro atoms. The topological polar surface area (TPSA) is 52.6 Å². The van der Waals surface area contributed by atoms with Gasteiger partial charge >= 0.3 is 0 Å². The molecular weight excluding hydrogens is 368 g/mol. The molecule has 1 heterocycles. The third-order valence-electron chi connectivity index (χ3n) is 4.54. The molecule has 6 heteroatoms. The van der Waals surface area contributed by atoms with E-state index in [1.54, 1.807) is 12.1 Å². The molecule has 1 aliphatic heterocycles. The van der Waals surface area contributed by atoms with Gasteiger partial charge in [-0.3, -0.25) is 4.79 Å². The Morgan fingerprint density at radius 3 is 2.54 bits per heavy atom. The summed E-state index contributed by atoms with van der Waals surface area (Å²) in [5, 5.41) is 12.7. The number of carbonyl (C=O) groups is 1. The number of hydrogen-bond acceptors (Lipinski definition) is 4. The maximum Gasteiger partial charge on any atom is 0.233 e. The lowest BCUT2D eigenvalue weighted by Crippen LogP contribution is -2.49. The number of phenols is 1. The van der Waals surface area contributed by atoms with Gasteiger partial charge in [0.15, 0.2) is 0 Å². The van der Waals surface area contributed by atoms with E-state index in [1.807, 2.05) is 17.0 Å². The predicted octanol–water partition coefficient (Wildman–Crippen LogP) is 3.64. The number of benzene rings is 2. The zero-order valence-electron chi connectivity index (χ0n) is 14.9. The zero-order valence-corrected chi connectivity index (χ0v) is 16.5. The third-order valence-corrected chi connectivity index (χ3v) is 5.53. The molecule has 3 rings (SSSR count). The number of phenolic OH excluding ortho intramolecular Hbond substituents is 1. The molecule has 1 aliphatic rings. The van der Waals surface area contributed by atoms with Gasteiger partial charge in [-0.05, 0) is 41.8 Å². The van der Waals surface area contributed by atoms with Gasteiger partial charge in [-0.2, -0.15) is 0 Å². The van der Waals surface area contributed by atoms with Crippen molar-refractivity contribution in [2.45, 2.75) is 24.3 Å². The first-order valence-corrected chi connectivity index (χ1v) is 9.67. The maximum atomic E-state index is 12.8. The Morgan fingerprint density at radius 2 is 1.88 bits per heavy atom. The molecule has 140 valence electrons. The number of rotatable bonds is 5. The smallest absolute Gasteiger partial charge is 0.233 e. The standard InChI is InChI=1S/C20H24N2O2S.ClH/c1-2-15-3-5-16(6-4-15)19-13-21-11-12-22(19)20(24)14-25-18-9-7-17(23)8-10-18;/h3-10,19,21,23H,2,11-14H2,1H3;1H. The van der Waals surface area contributed by atoms with Crippen LogP contribution in [0.15, 0.2) is 53.4 Å². The molecule has 2 N–H and O–H groups in total. The minimum Gasteiger partial charge on any atom is -0.508 e. The van der Waals surface area contributed by atoms with Gasteiger partial charge in [0.05, 0.1) is 11.8 Å². The van der Waals surface area contributed by atoms with E-state index in [4.69, 9.17) is 0 Å². The van der Waals surface area contributed by atoms with E-state index in [1.165, 1.54) is 22.9 Å². The molecule has 0 aromatic heterocycles. The molecular formula is C20H25ClN2O2S. The Balaban J connectivity index is 0.00000243. The van der Waals surface area contributed by atoms with Crippen molar-refractivity contribution in [1.82, 2.24) is 10.2 Å². The summed E-state index contributed by atoms with van der Waals surface area (Å²) in [6, 6.07) is 15.7. The van der Waals surface area contributed by atoms with Crippen LogP contribution in [0.4, 0.5) is 0 Å². The Hall–Kier alpha value is -1.69. The van der Waals surface area contributed by atoms with E-state index < -0.39 is 0 Å².